The number of carboxylic acid groups (broad SMARTS) is 1. The van der Waals surface area contributed by atoms with Crippen LogP contribution in [0, 0.1) is 0 Å². The molecule has 1 unspecified atom stereocenters. The molecule has 0 heterocycles. The first-order valence-corrected chi connectivity index (χ1v) is 4.59. The fourth-order valence-electron chi connectivity index (χ4n) is 1.21. The Kier molecular flexibility index (Phi) is 6.44. The Hall–Kier alpha value is -0.650. The van der Waals surface area contributed by atoms with Gasteiger partial charge in [0.05, 0.1) is 13.2 Å². The summed E-state index contributed by atoms with van der Waals surface area (Å²) in [6, 6.07) is 0. The lowest BCUT2D eigenvalue weighted by molar-refractivity contribution is -0.147. The molecule has 84 valence electrons. The SMILES string of the molecule is CCC(COC)(NCCOC)C(=O)O. The lowest BCUT2D eigenvalue weighted by atomic mass is 9.97. The summed E-state index contributed by atoms with van der Waals surface area (Å²) in [6.45, 7) is 2.95. The molecule has 0 saturated heterocycles. The van der Waals surface area contributed by atoms with Gasteiger partial charge in [-0.25, -0.2) is 0 Å². The van der Waals surface area contributed by atoms with Crippen LogP contribution in [0.25, 0.3) is 0 Å². The quantitative estimate of drug-likeness (QED) is 0.550. The average Bonchev–Trinajstić information content (AvgIpc) is 2.16. The lowest BCUT2D eigenvalue weighted by Gasteiger charge is -2.28. The number of aliphatic carboxylic acids is 1. The topological polar surface area (TPSA) is 67.8 Å². The van der Waals surface area contributed by atoms with Crippen molar-refractivity contribution >= 4 is 5.97 Å². The Morgan fingerprint density at radius 3 is 2.43 bits per heavy atom. The normalized spacial score (nSPS) is 15.1. The van der Waals surface area contributed by atoms with Crippen molar-refractivity contribution in [1.82, 2.24) is 5.32 Å². The molecular weight excluding hydrogens is 186 g/mol. The van der Waals surface area contributed by atoms with Crippen LogP contribution >= 0.6 is 0 Å². The Morgan fingerprint density at radius 1 is 1.43 bits per heavy atom. The van der Waals surface area contributed by atoms with Gasteiger partial charge in [0, 0.05) is 20.8 Å². The van der Waals surface area contributed by atoms with E-state index in [1.807, 2.05) is 6.92 Å². The van der Waals surface area contributed by atoms with Gasteiger partial charge in [0.25, 0.3) is 0 Å². The van der Waals surface area contributed by atoms with E-state index in [0.29, 0.717) is 19.6 Å². The summed E-state index contributed by atoms with van der Waals surface area (Å²) in [5, 5.41) is 12.0. The number of ether oxygens (including phenoxy) is 2. The van der Waals surface area contributed by atoms with E-state index >= 15 is 0 Å². The van der Waals surface area contributed by atoms with E-state index in [9.17, 15) is 4.79 Å². The molecule has 0 saturated carbocycles. The molecule has 2 N–H and O–H groups in total. The van der Waals surface area contributed by atoms with Gasteiger partial charge in [-0.1, -0.05) is 6.92 Å². The zero-order valence-corrected chi connectivity index (χ0v) is 9.00. The highest BCUT2D eigenvalue weighted by Crippen LogP contribution is 2.10. The van der Waals surface area contributed by atoms with Crippen LogP contribution in [-0.4, -0.2) is 50.6 Å². The molecule has 0 amide bonds. The average molecular weight is 205 g/mol. The number of carbonyl (C=O) groups is 1. The molecule has 0 rings (SSSR count). The van der Waals surface area contributed by atoms with Gasteiger partial charge < -0.3 is 14.6 Å². The minimum Gasteiger partial charge on any atom is -0.480 e. The maximum absolute atomic E-state index is 11.1. The monoisotopic (exact) mass is 205 g/mol. The van der Waals surface area contributed by atoms with Crippen molar-refractivity contribution in [2.45, 2.75) is 18.9 Å². The molecule has 5 heteroatoms. The first kappa shape index (κ1) is 13.4. The molecule has 5 nitrogen and oxygen atoms in total. The molecule has 0 aromatic rings. The molecule has 0 radical (unpaired) electrons. The molecule has 14 heavy (non-hydrogen) atoms. The molecule has 0 spiro atoms. The van der Waals surface area contributed by atoms with Gasteiger partial charge in [-0.05, 0) is 6.42 Å². The maximum atomic E-state index is 11.1. The van der Waals surface area contributed by atoms with E-state index in [4.69, 9.17) is 14.6 Å². The predicted molar refractivity (Wildman–Crippen MR) is 52.4 cm³/mol. The highest BCUT2D eigenvalue weighted by atomic mass is 16.5. The van der Waals surface area contributed by atoms with Crippen molar-refractivity contribution in [2.24, 2.45) is 0 Å². The van der Waals surface area contributed by atoms with Crippen LogP contribution in [0.2, 0.25) is 0 Å². The van der Waals surface area contributed by atoms with Crippen LogP contribution in [0.15, 0.2) is 0 Å². The number of methoxy groups -OCH3 is 2. The molecule has 0 aliphatic rings. The van der Waals surface area contributed by atoms with E-state index < -0.39 is 11.5 Å². The molecular formula is C9H19NO4. The van der Waals surface area contributed by atoms with Crippen LogP contribution in [0.1, 0.15) is 13.3 Å². The molecule has 0 aromatic heterocycles. The third-order valence-corrected chi connectivity index (χ3v) is 2.17. The van der Waals surface area contributed by atoms with Crippen molar-refractivity contribution in [3.63, 3.8) is 0 Å². The smallest absolute Gasteiger partial charge is 0.326 e. The van der Waals surface area contributed by atoms with Gasteiger partial charge in [-0.15, -0.1) is 0 Å². The molecule has 0 fully saturated rings. The Bertz CT molecular complexity index is 174. The summed E-state index contributed by atoms with van der Waals surface area (Å²) in [6.07, 6.45) is 0.472. The van der Waals surface area contributed by atoms with Gasteiger partial charge in [-0.2, -0.15) is 0 Å². The van der Waals surface area contributed by atoms with Crippen molar-refractivity contribution in [1.29, 1.82) is 0 Å². The first-order valence-electron chi connectivity index (χ1n) is 4.59. The van der Waals surface area contributed by atoms with Crippen LogP contribution in [0.4, 0.5) is 0 Å². The van der Waals surface area contributed by atoms with Crippen molar-refractivity contribution < 1.29 is 19.4 Å². The van der Waals surface area contributed by atoms with Crippen LogP contribution in [0.3, 0.4) is 0 Å². The van der Waals surface area contributed by atoms with E-state index in [1.54, 1.807) is 7.11 Å². The largest absolute Gasteiger partial charge is 0.480 e. The Balaban J connectivity index is 4.26. The molecule has 0 bridgehead atoms. The summed E-state index contributed by atoms with van der Waals surface area (Å²) in [7, 11) is 3.07. The van der Waals surface area contributed by atoms with Gasteiger partial charge in [-0.3, -0.25) is 10.1 Å². The fraction of sp³-hybridized carbons (Fsp3) is 0.889. The van der Waals surface area contributed by atoms with Gasteiger partial charge in [0.1, 0.15) is 5.54 Å². The van der Waals surface area contributed by atoms with E-state index in [1.165, 1.54) is 7.11 Å². The minimum atomic E-state index is -0.993. The summed E-state index contributed by atoms with van der Waals surface area (Å²) >= 11 is 0. The Morgan fingerprint density at radius 2 is 2.07 bits per heavy atom. The predicted octanol–water partition coefficient (Wildman–Crippen LogP) is 0.102. The first-order chi connectivity index (χ1) is 6.63. The zero-order valence-electron chi connectivity index (χ0n) is 9.00. The number of nitrogens with one attached hydrogen (secondary N) is 1. The highest BCUT2D eigenvalue weighted by Gasteiger charge is 2.35. The number of rotatable bonds is 8. The molecule has 0 aliphatic heterocycles. The van der Waals surface area contributed by atoms with Gasteiger partial charge >= 0.3 is 5.97 Å². The minimum absolute atomic E-state index is 0.155. The van der Waals surface area contributed by atoms with Gasteiger partial charge in [0.2, 0.25) is 0 Å². The second-order valence-electron chi connectivity index (χ2n) is 3.09. The third kappa shape index (κ3) is 3.61. The van der Waals surface area contributed by atoms with Crippen LogP contribution < -0.4 is 5.32 Å². The standard InChI is InChI=1S/C9H19NO4/c1-4-9(7-14-3,8(11)12)10-5-6-13-2/h10H,4-7H2,1-3H3,(H,11,12). The summed E-state index contributed by atoms with van der Waals surface area (Å²) in [5.74, 6) is -0.891. The van der Waals surface area contributed by atoms with E-state index in [2.05, 4.69) is 5.32 Å². The fourth-order valence-corrected chi connectivity index (χ4v) is 1.21. The zero-order chi connectivity index (χ0) is 11.0. The number of hydrogen-bond donors (Lipinski definition) is 2. The second kappa shape index (κ2) is 6.75. The number of hydrogen-bond acceptors (Lipinski definition) is 4. The van der Waals surface area contributed by atoms with Crippen LogP contribution in [0.5, 0.6) is 0 Å². The molecule has 0 aliphatic carbocycles. The second-order valence-corrected chi connectivity index (χ2v) is 3.09. The van der Waals surface area contributed by atoms with E-state index in [0.717, 1.165) is 0 Å². The maximum Gasteiger partial charge on any atom is 0.326 e. The van der Waals surface area contributed by atoms with E-state index in [-0.39, 0.29) is 6.61 Å². The van der Waals surface area contributed by atoms with Crippen molar-refractivity contribution in [3.8, 4) is 0 Å². The summed E-state index contributed by atoms with van der Waals surface area (Å²) in [4.78, 5) is 11.1. The van der Waals surface area contributed by atoms with Gasteiger partial charge in [0.15, 0.2) is 0 Å². The lowest BCUT2D eigenvalue weighted by Crippen LogP contribution is -2.55. The number of carboxylic acids is 1. The third-order valence-electron chi connectivity index (χ3n) is 2.17. The summed E-state index contributed by atoms with van der Waals surface area (Å²) in [5.41, 5.74) is -0.993. The van der Waals surface area contributed by atoms with Crippen molar-refractivity contribution in [3.05, 3.63) is 0 Å². The molecule has 0 aromatic carbocycles. The Labute approximate surface area is 84.4 Å². The molecule has 1 atom stereocenters. The van der Waals surface area contributed by atoms with Crippen LogP contribution in [-0.2, 0) is 14.3 Å². The van der Waals surface area contributed by atoms with Crippen molar-refractivity contribution in [2.75, 3.05) is 34.0 Å². The summed E-state index contributed by atoms with van der Waals surface area (Å²) < 4.78 is 9.75. The highest BCUT2D eigenvalue weighted by molar-refractivity contribution is 5.78.